The van der Waals surface area contributed by atoms with Crippen LogP contribution in [0.2, 0.25) is 0 Å². The van der Waals surface area contributed by atoms with Crippen molar-refractivity contribution in [1.29, 1.82) is 0 Å². The predicted octanol–water partition coefficient (Wildman–Crippen LogP) is 1.04. The van der Waals surface area contributed by atoms with Gasteiger partial charge in [0.1, 0.15) is 0 Å². The molecule has 3 unspecified atom stereocenters. The highest BCUT2D eigenvalue weighted by Crippen LogP contribution is 2.13. The van der Waals surface area contributed by atoms with Crippen molar-refractivity contribution >= 4 is 5.91 Å². The first-order valence-electron chi connectivity index (χ1n) is 6.16. The van der Waals surface area contributed by atoms with Crippen LogP contribution in [0.3, 0.4) is 0 Å². The Morgan fingerprint density at radius 2 is 2.25 bits per heavy atom. The third kappa shape index (κ3) is 4.49. The molecule has 1 saturated heterocycles. The Hall–Kier alpha value is -0.610. The number of ether oxygens (including phenoxy) is 1. The van der Waals surface area contributed by atoms with Crippen LogP contribution in [-0.4, -0.2) is 30.7 Å². The van der Waals surface area contributed by atoms with E-state index in [1.165, 1.54) is 0 Å². The van der Waals surface area contributed by atoms with Crippen molar-refractivity contribution in [2.24, 2.45) is 11.7 Å². The first-order chi connectivity index (χ1) is 7.49. The summed E-state index contributed by atoms with van der Waals surface area (Å²) in [6.45, 7) is 6.91. The van der Waals surface area contributed by atoms with Crippen LogP contribution in [0, 0.1) is 5.92 Å². The Kier molecular flexibility index (Phi) is 5.22. The minimum absolute atomic E-state index is 0.0206. The number of carbonyl (C=O) groups is 1. The average Bonchev–Trinajstić information content (AvgIpc) is 2.16. The van der Waals surface area contributed by atoms with Gasteiger partial charge in [-0.3, -0.25) is 4.79 Å². The van der Waals surface area contributed by atoms with E-state index in [9.17, 15) is 4.79 Å². The summed E-state index contributed by atoms with van der Waals surface area (Å²) >= 11 is 0. The first kappa shape index (κ1) is 13.5. The molecule has 3 atom stereocenters. The van der Waals surface area contributed by atoms with E-state index < -0.39 is 0 Å². The van der Waals surface area contributed by atoms with Gasteiger partial charge in [-0.05, 0) is 32.1 Å². The molecule has 4 heteroatoms. The zero-order chi connectivity index (χ0) is 12.1. The summed E-state index contributed by atoms with van der Waals surface area (Å²) in [5, 5.41) is 3.01. The van der Waals surface area contributed by atoms with Crippen molar-refractivity contribution in [2.45, 2.75) is 58.2 Å². The van der Waals surface area contributed by atoms with E-state index in [-0.39, 0.29) is 24.1 Å². The zero-order valence-electron chi connectivity index (χ0n) is 10.5. The Morgan fingerprint density at radius 3 is 2.81 bits per heavy atom. The second-order valence-electron chi connectivity index (χ2n) is 5.15. The SMILES string of the molecule is CC(C)CC(N)C(=O)NC1CCOC(C)C1. The molecule has 1 rings (SSSR count). The highest BCUT2D eigenvalue weighted by Gasteiger charge is 2.23. The molecule has 1 aliphatic rings. The highest BCUT2D eigenvalue weighted by molar-refractivity contribution is 5.81. The molecule has 94 valence electrons. The maximum Gasteiger partial charge on any atom is 0.237 e. The molecule has 0 aromatic heterocycles. The minimum Gasteiger partial charge on any atom is -0.378 e. The Labute approximate surface area is 97.9 Å². The maximum absolute atomic E-state index is 11.8. The Balaban J connectivity index is 2.32. The standard InChI is InChI=1S/C12H24N2O2/c1-8(2)6-11(13)12(15)14-10-4-5-16-9(3)7-10/h8-11H,4-7,13H2,1-3H3,(H,14,15). The van der Waals surface area contributed by atoms with E-state index in [0.29, 0.717) is 5.92 Å². The second-order valence-corrected chi connectivity index (χ2v) is 5.15. The average molecular weight is 228 g/mol. The second kappa shape index (κ2) is 6.21. The number of carbonyl (C=O) groups excluding carboxylic acids is 1. The van der Waals surface area contributed by atoms with Crippen molar-refractivity contribution < 1.29 is 9.53 Å². The quantitative estimate of drug-likeness (QED) is 0.755. The van der Waals surface area contributed by atoms with Crippen LogP contribution >= 0.6 is 0 Å². The van der Waals surface area contributed by atoms with E-state index in [2.05, 4.69) is 19.2 Å². The molecule has 1 fully saturated rings. The third-order valence-electron chi connectivity index (χ3n) is 2.89. The molecule has 1 amide bonds. The fraction of sp³-hybridized carbons (Fsp3) is 0.917. The van der Waals surface area contributed by atoms with Crippen LogP contribution in [0.25, 0.3) is 0 Å². The molecule has 0 bridgehead atoms. The number of hydrogen-bond donors (Lipinski definition) is 2. The predicted molar refractivity (Wildman–Crippen MR) is 64.0 cm³/mol. The van der Waals surface area contributed by atoms with E-state index in [1.807, 2.05) is 6.92 Å². The van der Waals surface area contributed by atoms with E-state index >= 15 is 0 Å². The largest absolute Gasteiger partial charge is 0.378 e. The molecule has 0 aliphatic carbocycles. The van der Waals surface area contributed by atoms with Gasteiger partial charge >= 0.3 is 0 Å². The van der Waals surface area contributed by atoms with Crippen LogP contribution in [0.1, 0.15) is 40.0 Å². The number of hydrogen-bond acceptors (Lipinski definition) is 3. The van der Waals surface area contributed by atoms with Gasteiger partial charge in [-0.2, -0.15) is 0 Å². The number of amides is 1. The summed E-state index contributed by atoms with van der Waals surface area (Å²) in [6, 6.07) is -0.146. The monoisotopic (exact) mass is 228 g/mol. The van der Waals surface area contributed by atoms with Crippen molar-refractivity contribution in [2.75, 3.05) is 6.61 Å². The van der Waals surface area contributed by atoms with Gasteiger partial charge in [0, 0.05) is 12.6 Å². The number of rotatable bonds is 4. The summed E-state index contributed by atoms with van der Waals surface area (Å²) < 4.78 is 5.43. The maximum atomic E-state index is 11.8. The van der Waals surface area contributed by atoms with Crippen LogP contribution in [-0.2, 0) is 9.53 Å². The van der Waals surface area contributed by atoms with Gasteiger partial charge in [0.05, 0.1) is 12.1 Å². The first-order valence-corrected chi connectivity index (χ1v) is 6.16. The molecule has 0 aromatic rings. The third-order valence-corrected chi connectivity index (χ3v) is 2.89. The molecule has 0 radical (unpaired) electrons. The lowest BCUT2D eigenvalue weighted by Crippen LogP contribution is -2.48. The van der Waals surface area contributed by atoms with Crippen molar-refractivity contribution in [3.05, 3.63) is 0 Å². The summed E-state index contributed by atoms with van der Waals surface area (Å²) in [6.07, 6.45) is 2.76. The molecular weight excluding hydrogens is 204 g/mol. The minimum atomic E-state index is -0.377. The molecule has 1 heterocycles. The highest BCUT2D eigenvalue weighted by atomic mass is 16.5. The van der Waals surface area contributed by atoms with Gasteiger partial charge in [-0.25, -0.2) is 0 Å². The lowest BCUT2D eigenvalue weighted by molar-refractivity contribution is -0.124. The van der Waals surface area contributed by atoms with E-state index in [1.54, 1.807) is 0 Å². The molecule has 4 nitrogen and oxygen atoms in total. The van der Waals surface area contributed by atoms with Gasteiger partial charge < -0.3 is 15.8 Å². The van der Waals surface area contributed by atoms with Crippen LogP contribution in [0.15, 0.2) is 0 Å². The van der Waals surface area contributed by atoms with Gasteiger partial charge in [0.15, 0.2) is 0 Å². The fourth-order valence-electron chi connectivity index (χ4n) is 2.05. The summed E-state index contributed by atoms with van der Waals surface area (Å²) in [5.74, 6) is 0.433. The smallest absolute Gasteiger partial charge is 0.237 e. The molecule has 16 heavy (non-hydrogen) atoms. The summed E-state index contributed by atoms with van der Waals surface area (Å²) in [7, 11) is 0. The lowest BCUT2D eigenvalue weighted by atomic mass is 10.0. The topological polar surface area (TPSA) is 64.4 Å². The molecule has 0 spiro atoms. The molecule has 3 N–H and O–H groups in total. The van der Waals surface area contributed by atoms with Crippen molar-refractivity contribution in [3.63, 3.8) is 0 Å². The van der Waals surface area contributed by atoms with Crippen LogP contribution in [0.5, 0.6) is 0 Å². The lowest BCUT2D eigenvalue weighted by Gasteiger charge is -2.29. The number of nitrogens with two attached hydrogens (primary N) is 1. The fourth-order valence-corrected chi connectivity index (χ4v) is 2.05. The summed E-state index contributed by atoms with van der Waals surface area (Å²) in [4.78, 5) is 11.8. The van der Waals surface area contributed by atoms with Gasteiger partial charge in [-0.1, -0.05) is 13.8 Å². The summed E-state index contributed by atoms with van der Waals surface area (Å²) in [5.41, 5.74) is 5.83. The van der Waals surface area contributed by atoms with Crippen LogP contribution in [0.4, 0.5) is 0 Å². The zero-order valence-corrected chi connectivity index (χ0v) is 10.5. The van der Waals surface area contributed by atoms with Crippen molar-refractivity contribution in [1.82, 2.24) is 5.32 Å². The Morgan fingerprint density at radius 1 is 1.56 bits per heavy atom. The van der Waals surface area contributed by atoms with Gasteiger partial charge in [0.2, 0.25) is 5.91 Å². The van der Waals surface area contributed by atoms with Gasteiger partial charge in [0.25, 0.3) is 0 Å². The molecular formula is C12H24N2O2. The van der Waals surface area contributed by atoms with E-state index in [0.717, 1.165) is 25.9 Å². The Bertz CT molecular complexity index is 231. The number of nitrogens with one attached hydrogen (secondary N) is 1. The normalized spacial score (nSPS) is 27.8. The van der Waals surface area contributed by atoms with Crippen LogP contribution < -0.4 is 11.1 Å². The molecule has 0 aromatic carbocycles. The van der Waals surface area contributed by atoms with E-state index in [4.69, 9.17) is 10.5 Å². The molecule has 0 saturated carbocycles. The molecule has 1 aliphatic heterocycles. The van der Waals surface area contributed by atoms with Gasteiger partial charge in [-0.15, -0.1) is 0 Å². The van der Waals surface area contributed by atoms with Crippen molar-refractivity contribution in [3.8, 4) is 0 Å².